The summed E-state index contributed by atoms with van der Waals surface area (Å²) in [6.45, 7) is 1.73. The third-order valence-corrected chi connectivity index (χ3v) is 6.42. The van der Waals surface area contributed by atoms with Crippen LogP contribution in [-0.4, -0.2) is 30.5 Å². The fourth-order valence-corrected chi connectivity index (χ4v) is 4.27. The number of pyridine rings is 1. The molecule has 1 aromatic heterocycles. The number of nitrogen functional groups attached to an aromatic ring is 1. The van der Waals surface area contributed by atoms with Crippen LogP contribution in [0.15, 0.2) is 66.7 Å². The van der Waals surface area contributed by atoms with Crippen LogP contribution >= 0.6 is 48.0 Å². The van der Waals surface area contributed by atoms with E-state index in [1.165, 1.54) is 4.90 Å². The van der Waals surface area contributed by atoms with Gasteiger partial charge in [0.15, 0.2) is 0 Å². The number of halogens is 4. The number of carbonyl (C=O) groups is 2. The quantitative estimate of drug-likeness (QED) is 0.203. The largest absolute Gasteiger partial charge is 0.487 e. The van der Waals surface area contributed by atoms with Crippen molar-refractivity contribution in [1.29, 1.82) is 0 Å². The molecule has 206 valence electrons. The van der Waals surface area contributed by atoms with Gasteiger partial charge in [0.05, 0.1) is 17.3 Å². The molecule has 0 aliphatic carbocycles. The highest BCUT2D eigenvalue weighted by atomic mass is 35.5. The van der Waals surface area contributed by atoms with Gasteiger partial charge in [0.25, 0.3) is 0 Å². The van der Waals surface area contributed by atoms with Gasteiger partial charge in [0.1, 0.15) is 17.9 Å². The average Bonchev–Trinajstić information content (AvgIpc) is 2.87. The molecule has 3 amide bonds. The third-order valence-electron chi connectivity index (χ3n) is 5.64. The van der Waals surface area contributed by atoms with Gasteiger partial charge < -0.3 is 26.0 Å². The minimum Gasteiger partial charge on any atom is -0.487 e. The lowest BCUT2D eigenvalue weighted by atomic mass is 10.1. The number of nitrogens with one attached hydrogen (secondary N) is 2. The highest BCUT2D eigenvalue weighted by molar-refractivity contribution is 6.38. The molecule has 0 aliphatic heterocycles. The molecule has 0 fully saturated rings. The molecule has 1 heterocycles. The standard InChI is InChI=1S/C27H25Cl2N5O3.2ClH/c1-16-9-10-17-5-3-8-23(26(17)32-16)37-15-20-21(28)11-12-22(25(20)29)34(2)24(35)14-31-27(36)33-19-7-4-6-18(30)13-19;;/h3-13H,14-15,30H2,1-2H3,(H2,31,33,36);2*1H. The molecular weight excluding hydrogens is 584 g/mol. The van der Waals surface area contributed by atoms with E-state index >= 15 is 0 Å². The average molecular weight is 611 g/mol. The first-order chi connectivity index (χ1) is 17.7. The van der Waals surface area contributed by atoms with Crippen molar-refractivity contribution < 1.29 is 14.3 Å². The van der Waals surface area contributed by atoms with E-state index in [4.69, 9.17) is 33.7 Å². The summed E-state index contributed by atoms with van der Waals surface area (Å²) in [6, 6.07) is 19.1. The molecule has 0 saturated carbocycles. The van der Waals surface area contributed by atoms with E-state index in [2.05, 4.69) is 15.6 Å². The zero-order valence-corrected chi connectivity index (χ0v) is 24.2. The van der Waals surface area contributed by atoms with Gasteiger partial charge in [-0.25, -0.2) is 9.78 Å². The summed E-state index contributed by atoms with van der Waals surface area (Å²) in [5, 5.41) is 6.79. The van der Waals surface area contributed by atoms with Crippen LogP contribution < -0.4 is 26.0 Å². The van der Waals surface area contributed by atoms with E-state index in [9.17, 15) is 9.59 Å². The van der Waals surface area contributed by atoms with E-state index in [1.54, 1.807) is 43.4 Å². The van der Waals surface area contributed by atoms with Crippen LogP contribution in [0, 0.1) is 6.92 Å². The molecular formula is C27H27Cl4N5O3. The van der Waals surface area contributed by atoms with Crippen molar-refractivity contribution in [2.75, 3.05) is 29.5 Å². The molecule has 0 bridgehead atoms. The topological polar surface area (TPSA) is 110 Å². The number of anilines is 3. The van der Waals surface area contributed by atoms with E-state index < -0.39 is 6.03 Å². The molecule has 4 aromatic rings. The summed E-state index contributed by atoms with van der Waals surface area (Å²) in [5.41, 5.74) is 9.31. The molecule has 4 N–H and O–H groups in total. The maximum atomic E-state index is 12.8. The highest BCUT2D eigenvalue weighted by Gasteiger charge is 2.19. The summed E-state index contributed by atoms with van der Waals surface area (Å²) >= 11 is 13.1. The number of benzene rings is 3. The molecule has 3 aromatic carbocycles. The lowest BCUT2D eigenvalue weighted by Gasteiger charge is -2.21. The predicted molar refractivity (Wildman–Crippen MR) is 163 cm³/mol. The Labute approximate surface area is 248 Å². The van der Waals surface area contributed by atoms with Gasteiger partial charge in [0, 0.05) is 40.1 Å². The molecule has 0 unspecified atom stereocenters. The minimum absolute atomic E-state index is 0. The highest BCUT2D eigenvalue weighted by Crippen LogP contribution is 2.35. The van der Waals surface area contributed by atoms with Gasteiger partial charge in [0.2, 0.25) is 5.91 Å². The van der Waals surface area contributed by atoms with Crippen molar-refractivity contribution in [3.05, 3.63) is 88.0 Å². The Morgan fingerprint density at radius 3 is 2.51 bits per heavy atom. The van der Waals surface area contributed by atoms with Crippen LogP contribution in [0.5, 0.6) is 5.75 Å². The van der Waals surface area contributed by atoms with E-state index in [1.807, 2.05) is 37.3 Å². The van der Waals surface area contributed by atoms with Crippen LogP contribution in [0.3, 0.4) is 0 Å². The van der Waals surface area contributed by atoms with Gasteiger partial charge >= 0.3 is 6.03 Å². The summed E-state index contributed by atoms with van der Waals surface area (Å²) < 4.78 is 6.05. The molecule has 0 spiro atoms. The van der Waals surface area contributed by atoms with E-state index in [0.717, 1.165) is 16.6 Å². The lowest BCUT2D eigenvalue weighted by molar-refractivity contribution is -0.117. The third kappa shape index (κ3) is 7.80. The van der Waals surface area contributed by atoms with Crippen molar-refractivity contribution in [3.63, 3.8) is 0 Å². The minimum atomic E-state index is -0.539. The van der Waals surface area contributed by atoms with Crippen molar-refractivity contribution in [1.82, 2.24) is 10.3 Å². The van der Waals surface area contributed by atoms with Crippen molar-refractivity contribution in [2.24, 2.45) is 0 Å². The molecule has 39 heavy (non-hydrogen) atoms. The number of aryl methyl sites for hydroxylation is 1. The van der Waals surface area contributed by atoms with Crippen molar-refractivity contribution >= 4 is 87.9 Å². The number of para-hydroxylation sites is 1. The summed E-state index contributed by atoms with van der Waals surface area (Å²) in [7, 11) is 1.57. The number of rotatable bonds is 7. The molecule has 4 rings (SSSR count). The number of amides is 3. The van der Waals surface area contributed by atoms with Gasteiger partial charge in [-0.2, -0.15) is 0 Å². The number of carbonyl (C=O) groups excluding carboxylic acids is 2. The first-order valence-electron chi connectivity index (χ1n) is 11.4. The molecule has 0 radical (unpaired) electrons. The van der Waals surface area contributed by atoms with Crippen LogP contribution in [-0.2, 0) is 11.4 Å². The Hall–Kier alpha value is -3.43. The Bertz CT molecular complexity index is 1490. The van der Waals surface area contributed by atoms with E-state index in [0.29, 0.717) is 33.4 Å². The number of hydrogen-bond acceptors (Lipinski definition) is 5. The second kappa shape index (κ2) is 14.1. The summed E-state index contributed by atoms with van der Waals surface area (Å²) in [5.74, 6) is 0.214. The fourth-order valence-electron chi connectivity index (χ4n) is 3.66. The number of nitrogens with two attached hydrogens (primary N) is 1. The van der Waals surface area contributed by atoms with Gasteiger partial charge in [-0.3, -0.25) is 4.79 Å². The Morgan fingerprint density at radius 2 is 1.77 bits per heavy atom. The summed E-state index contributed by atoms with van der Waals surface area (Å²) in [4.78, 5) is 30.9. The number of fused-ring (bicyclic) bond motifs is 1. The second-order valence-electron chi connectivity index (χ2n) is 8.31. The first-order valence-corrected chi connectivity index (χ1v) is 12.1. The maximum Gasteiger partial charge on any atom is 0.319 e. The Morgan fingerprint density at radius 1 is 1.03 bits per heavy atom. The number of nitrogens with zero attached hydrogens (tertiary/aromatic N) is 2. The molecule has 0 saturated heterocycles. The van der Waals surface area contributed by atoms with Gasteiger partial charge in [-0.05, 0) is 49.4 Å². The molecule has 12 heteroatoms. The molecule has 0 atom stereocenters. The Kier molecular flexibility index (Phi) is 11.5. The number of ether oxygens (including phenoxy) is 1. The fraction of sp³-hybridized carbons (Fsp3) is 0.148. The predicted octanol–water partition coefficient (Wildman–Crippen LogP) is 6.64. The second-order valence-corrected chi connectivity index (χ2v) is 9.10. The normalized spacial score (nSPS) is 10.2. The monoisotopic (exact) mass is 609 g/mol. The SMILES string of the molecule is Cc1ccc2cccc(OCc3c(Cl)ccc(N(C)C(=O)CNC(=O)Nc4cccc(N)c4)c3Cl)c2n1.Cl.Cl. The first kappa shape index (κ1) is 31.8. The smallest absolute Gasteiger partial charge is 0.319 e. The molecule has 8 nitrogen and oxygen atoms in total. The Balaban J connectivity index is 0.00000267. The number of aromatic nitrogens is 1. The number of likely N-dealkylation sites (N-methyl/N-ethyl adjacent to an activating group) is 1. The van der Waals surface area contributed by atoms with Crippen molar-refractivity contribution in [2.45, 2.75) is 13.5 Å². The summed E-state index contributed by atoms with van der Waals surface area (Å²) in [6.07, 6.45) is 0. The lowest BCUT2D eigenvalue weighted by Crippen LogP contribution is -2.40. The van der Waals surface area contributed by atoms with E-state index in [-0.39, 0.29) is 48.9 Å². The van der Waals surface area contributed by atoms with Crippen LogP contribution in [0.4, 0.5) is 21.9 Å². The van der Waals surface area contributed by atoms with Gasteiger partial charge in [-0.15, -0.1) is 24.8 Å². The number of urea groups is 1. The zero-order chi connectivity index (χ0) is 26.5. The van der Waals surface area contributed by atoms with Crippen LogP contribution in [0.1, 0.15) is 11.3 Å². The van der Waals surface area contributed by atoms with Gasteiger partial charge in [-0.1, -0.05) is 47.5 Å². The zero-order valence-electron chi connectivity index (χ0n) is 21.0. The maximum absolute atomic E-state index is 12.8. The van der Waals surface area contributed by atoms with Crippen LogP contribution in [0.2, 0.25) is 10.0 Å². The number of hydrogen-bond donors (Lipinski definition) is 3. The molecule has 0 aliphatic rings. The van der Waals surface area contributed by atoms with Crippen molar-refractivity contribution in [3.8, 4) is 5.75 Å². The van der Waals surface area contributed by atoms with Crippen LogP contribution in [0.25, 0.3) is 10.9 Å².